The molecule has 0 fully saturated rings. The van der Waals surface area contributed by atoms with Crippen molar-refractivity contribution in [2.24, 2.45) is 4.99 Å². The maximum atomic E-state index is 12.3. The lowest BCUT2D eigenvalue weighted by atomic mass is 10.1. The van der Waals surface area contributed by atoms with Crippen LogP contribution in [0.3, 0.4) is 0 Å². The first-order valence-corrected chi connectivity index (χ1v) is 8.95. The smallest absolute Gasteiger partial charge is 0.326 e. The van der Waals surface area contributed by atoms with E-state index in [1.165, 1.54) is 28.7 Å². The second kappa shape index (κ2) is 7.61. The van der Waals surface area contributed by atoms with E-state index in [1.807, 2.05) is 19.9 Å². The Kier molecular flexibility index (Phi) is 5.27. The van der Waals surface area contributed by atoms with E-state index < -0.39 is 0 Å². The number of benzene rings is 1. The topological polar surface area (TPSA) is 91.4 Å². The average Bonchev–Trinajstić information content (AvgIpc) is 3.17. The Bertz CT molecular complexity index is 1020. The second-order valence-corrected chi connectivity index (χ2v) is 6.78. The van der Waals surface area contributed by atoms with Gasteiger partial charge >= 0.3 is 5.97 Å². The first-order chi connectivity index (χ1) is 12.5. The number of rotatable bonds is 5. The van der Waals surface area contributed by atoms with Gasteiger partial charge in [-0.3, -0.25) is 9.59 Å². The van der Waals surface area contributed by atoms with Gasteiger partial charge in [-0.05, 0) is 38.0 Å². The number of thiazole rings is 1. The Morgan fingerprint density at radius 2 is 2.08 bits per heavy atom. The fourth-order valence-corrected chi connectivity index (χ4v) is 3.78. The van der Waals surface area contributed by atoms with Gasteiger partial charge < -0.3 is 9.30 Å². The number of fused-ring (bicyclic) bond motifs is 1. The Balaban J connectivity index is 2.07. The van der Waals surface area contributed by atoms with Gasteiger partial charge in [-0.1, -0.05) is 17.4 Å². The standard InChI is InChI=1S/C17H19N5O3S/c1-4-25-15(24)8-22-13-6-11(2)5-12(3)16(13)26-17(22)20-14(23)7-21-10-18-9-19-21/h5-6,9-10H,4,7-8H2,1-3H3. The number of nitrogens with zero attached hydrogens (tertiary/aromatic N) is 5. The van der Waals surface area contributed by atoms with Crippen LogP contribution in [0.25, 0.3) is 10.2 Å². The molecule has 0 aliphatic heterocycles. The molecule has 0 radical (unpaired) electrons. The first kappa shape index (κ1) is 18.0. The molecule has 0 unspecified atom stereocenters. The normalized spacial score (nSPS) is 11.9. The molecule has 8 nitrogen and oxygen atoms in total. The van der Waals surface area contributed by atoms with Crippen molar-refractivity contribution in [2.75, 3.05) is 6.61 Å². The summed E-state index contributed by atoms with van der Waals surface area (Å²) in [6, 6.07) is 4.05. The molecular formula is C17H19N5O3S. The van der Waals surface area contributed by atoms with Crippen LogP contribution in [0, 0.1) is 13.8 Å². The van der Waals surface area contributed by atoms with Gasteiger partial charge in [-0.15, -0.1) is 0 Å². The summed E-state index contributed by atoms with van der Waals surface area (Å²) < 4.78 is 9.20. The number of esters is 1. The number of aryl methyl sites for hydroxylation is 2. The summed E-state index contributed by atoms with van der Waals surface area (Å²) in [7, 11) is 0. The minimum atomic E-state index is -0.367. The van der Waals surface area contributed by atoms with E-state index in [-0.39, 0.29) is 25.0 Å². The molecule has 0 saturated heterocycles. The summed E-state index contributed by atoms with van der Waals surface area (Å²) in [5.74, 6) is -0.731. The van der Waals surface area contributed by atoms with Crippen molar-refractivity contribution in [3.05, 3.63) is 40.7 Å². The quantitative estimate of drug-likeness (QED) is 0.634. The third-order valence-electron chi connectivity index (χ3n) is 3.69. The lowest BCUT2D eigenvalue weighted by molar-refractivity contribution is -0.143. The average molecular weight is 373 g/mol. The number of carbonyl (C=O) groups excluding carboxylic acids is 2. The van der Waals surface area contributed by atoms with Gasteiger partial charge in [-0.2, -0.15) is 10.1 Å². The van der Waals surface area contributed by atoms with Crippen LogP contribution in [0.4, 0.5) is 0 Å². The van der Waals surface area contributed by atoms with Crippen LogP contribution < -0.4 is 4.80 Å². The highest BCUT2D eigenvalue weighted by Gasteiger charge is 2.14. The molecule has 0 bridgehead atoms. The third-order valence-corrected chi connectivity index (χ3v) is 4.92. The molecule has 1 amide bonds. The van der Waals surface area contributed by atoms with Crippen molar-refractivity contribution in [2.45, 2.75) is 33.9 Å². The number of amides is 1. The highest BCUT2D eigenvalue weighted by molar-refractivity contribution is 7.16. The van der Waals surface area contributed by atoms with E-state index in [2.05, 4.69) is 21.1 Å². The zero-order valence-corrected chi connectivity index (χ0v) is 15.6. The molecule has 26 heavy (non-hydrogen) atoms. The highest BCUT2D eigenvalue weighted by Crippen LogP contribution is 2.23. The van der Waals surface area contributed by atoms with E-state index in [0.29, 0.717) is 11.4 Å². The number of hydrogen-bond acceptors (Lipinski definition) is 6. The van der Waals surface area contributed by atoms with Crippen molar-refractivity contribution in [1.29, 1.82) is 0 Å². The summed E-state index contributed by atoms with van der Waals surface area (Å²) in [6.45, 7) is 6.05. The summed E-state index contributed by atoms with van der Waals surface area (Å²) in [5.41, 5.74) is 3.02. The Morgan fingerprint density at radius 3 is 2.77 bits per heavy atom. The van der Waals surface area contributed by atoms with Crippen LogP contribution in [0.1, 0.15) is 18.1 Å². The maximum Gasteiger partial charge on any atom is 0.326 e. The van der Waals surface area contributed by atoms with Crippen LogP contribution in [-0.2, 0) is 27.4 Å². The molecule has 2 heterocycles. The molecule has 0 atom stereocenters. The largest absolute Gasteiger partial charge is 0.465 e. The molecule has 1 aromatic carbocycles. The Morgan fingerprint density at radius 1 is 1.27 bits per heavy atom. The number of hydrogen-bond donors (Lipinski definition) is 0. The molecule has 2 aromatic heterocycles. The number of ether oxygens (including phenoxy) is 1. The van der Waals surface area contributed by atoms with E-state index in [9.17, 15) is 9.59 Å². The van der Waals surface area contributed by atoms with Gasteiger partial charge in [0.05, 0.1) is 16.8 Å². The molecule has 0 aliphatic rings. The van der Waals surface area contributed by atoms with E-state index in [0.717, 1.165) is 21.3 Å². The molecule has 9 heteroatoms. The van der Waals surface area contributed by atoms with Crippen LogP contribution in [0.2, 0.25) is 0 Å². The van der Waals surface area contributed by atoms with Crippen molar-refractivity contribution in [3.63, 3.8) is 0 Å². The zero-order valence-electron chi connectivity index (χ0n) is 14.8. The van der Waals surface area contributed by atoms with Crippen LogP contribution in [-0.4, -0.2) is 37.8 Å². The molecule has 0 N–H and O–H groups in total. The predicted molar refractivity (Wildman–Crippen MR) is 96.5 cm³/mol. The van der Waals surface area contributed by atoms with Crippen molar-refractivity contribution in [1.82, 2.24) is 19.3 Å². The predicted octanol–water partition coefficient (Wildman–Crippen LogP) is 1.60. The van der Waals surface area contributed by atoms with Gasteiger partial charge in [0.2, 0.25) is 0 Å². The minimum absolute atomic E-state index is 0.00612. The molecular weight excluding hydrogens is 354 g/mol. The first-order valence-electron chi connectivity index (χ1n) is 8.14. The molecule has 3 aromatic rings. The van der Waals surface area contributed by atoms with E-state index in [4.69, 9.17) is 4.74 Å². The van der Waals surface area contributed by atoms with Crippen molar-refractivity contribution < 1.29 is 14.3 Å². The summed E-state index contributed by atoms with van der Waals surface area (Å²) in [5, 5.41) is 3.91. The SMILES string of the molecule is CCOC(=O)Cn1c(=NC(=O)Cn2cncn2)sc2c(C)cc(C)cc21. The number of aromatic nitrogens is 4. The van der Waals surface area contributed by atoms with Gasteiger partial charge in [0.1, 0.15) is 25.7 Å². The highest BCUT2D eigenvalue weighted by atomic mass is 32.1. The zero-order chi connectivity index (χ0) is 18.7. The summed E-state index contributed by atoms with van der Waals surface area (Å²) >= 11 is 1.38. The molecule has 0 saturated carbocycles. The van der Waals surface area contributed by atoms with Crippen molar-refractivity contribution >= 4 is 33.4 Å². The second-order valence-electron chi connectivity index (χ2n) is 5.80. The Hall–Kier alpha value is -2.81. The molecule has 3 rings (SSSR count). The van der Waals surface area contributed by atoms with E-state index in [1.54, 1.807) is 11.5 Å². The third kappa shape index (κ3) is 3.88. The summed E-state index contributed by atoms with van der Waals surface area (Å²) in [6.07, 6.45) is 2.82. The monoisotopic (exact) mass is 373 g/mol. The Labute approximate surface area is 153 Å². The van der Waals surface area contributed by atoms with Gasteiger partial charge in [0.15, 0.2) is 4.80 Å². The lowest BCUT2D eigenvalue weighted by Crippen LogP contribution is -2.24. The van der Waals surface area contributed by atoms with Crippen LogP contribution in [0.5, 0.6) is 0 Å². The lowest BCUT2D eigenvalue weighted by Gasteiger charge is -2.06. The van der Waals surface area contributed by atoms with Gasteiger partial charge in [-0.25, -0.2) is 9.67 Å². The van der Waals surface area contributed by atoms with Crippen LogP contribution >= 0.6 is 11.3 Å². The van der Waals surface area contributed by atoms with Crippen molar-refractivity contribution in [3.8, 4) is 0 Å². The number of carbonyl (C=O) groups is 2. The van der Waals surface area contributed by atoms with E-state index >= 15 is 0 Å². The molecule has 0 aliphatic carbocycles. The summed E-state index contributed by atoms with van der Waals surface area (Å²) in [4.78, 5) is 32.8. The maximum absolute atomic E-state index is 12.3. The van der Waals surface area contributed by atoms with Gasteiger partial charge in [0, 0.05) is 0 Å². The fourth-order valence-electron chi connectivity index (χ4n) is 2.68. The van der Waals surface area contributed by atoms with Gasteiger partial charge in [0.25, 0.3) is 5.91 Å². The fraction of sp³-hybridized carbons (Fsp3) is 0.353. The molecule has 0 spiro atoms. The van der Waals surface area contributed by atoms with Crippen LogP contribution in [0.15, 0.2) is 29.8 Å². The minimum Gasteiger partial charge on any atom is -0.465 e. The molecule has 136 valence electrons.